The van der Waals surface area contributed by atoms with Gasteiger partial charge in [0.15, 0.2) is 16.6 Å². The molecule has 0 unspecified atom stereocenters. The first-order chi connectivity index (χ1) is 13.9. The largest absolute Gasteiger partial charge is 0.493 e. The van der Waals surface area contributed by atoms with Gasteiger partial charge in [-0.15, -0.1) is 0 Å². The number of hydrazine groups is 1. The fraction of sp³-hybridized carbons (Fsp3) is 0.273. The molecule has 0 aliphatic rings. The fourth-order valence-electron chi connectivity index (χ4n) is 2.51. The molecule has 0 heterocycles. The van der Waals surface area contributed by atoms with Crippen LogP contribution in [0.15, 0.2) is 48.5 Å². The van der Waals surface area contributed by atoms with E-state index in [0.717, 1.165) is 11.3 Å². The number of methoxy groups -OCH3 is 1. The van der Waals surface area contributed by atoms with Gasteiger partial charge in [-0.3, -0.25) is 15.6 Å². The lowest BCUT2D eigenvalue weighted by Crippen LogP contribution is -2.43. The Balaban J connectivity index is 1.85. The van der Waals surface area contributed by atoms with Crippen LogP contribution in [0.2, 0.25) is 0 Å². The lowest BCUT2D eigenvalue weighted by molar-refractivity contribution is -0.116. The first-order valence-corrected chi connectivity index (χ1v) is 9.79. The Morgan fingerprint density at radius 1 is 1.10 bits per heavy atom. The zero-order valence-corrected chi connectivity index (χ0v) is 17.9. The highest BCUT2D eigenvalue weighted by Crippen LogP contribution is 2.28. The third kappa shape index (κ3) is 7.12. The van der Waals surface area contributed by atoms with Gasteiger partial charge in [0.1, 0.15) is 0 Å². The Labute approximate surface area is 177 Å². The van der Waals surface area contributed by atoms with Gasteiger partial charge in [0, 0.05) is 11.8 Å². The first-order valence-electron chi connectivity index (χ1n) is 9.38. The average molecular weight is 414 g/mol. The van der Waals surface area contributed by atoms with E-state index in [-0.39, 0.29) is 5.91 Å². The van der Waals surface area contributed by atoms with Crippen LogP contribution in [0.3, 0.4) is 0 Å². The molecular formula is C22H27N3O3S. The van der Waals surface area contributed by atoms with Crippen molar-refractivity contribution in [1.29, 1.82) is 0 Å². The number of thiocarbonyl (C=S) groups is 1. The minimum Gasteiger partial charge on any atom is -0.493 e. The number of nitrogens with one attached hydrogen (secondary N) is 3. The average Bonchev–Trinajstić information content (AvgIpc) is 2.71. The number of carbonyl (C=O) groups excluding carboxylic acids is 1. The highest BCUT2D eigenvalue weighted by Gasteiger charge is 2.05. The third-order valence-corrected chi connectivity index (χ3v) is 4.25. The Morgan fingerprint density at radius 2 is 1.83 bits per heavy atom. The second kappa shape index (κ2) is 11.1. The van der Waals surface area contributed by atoms with E-state index in [1.165, 1.54) is 11.6 Å². The molecule has 0 aliphatic carbocycles. The predicted molar refractivity (Wildman–Crippen MR) is 121 cm³/mol. The minimum absolute atomic E-state index is 0.298. The summed E-state index contributed by atoms with van der Waals surface area (Å²) in [5.41, 5.74) is 8.12. The molecule has 0 saturated carbocycles. The number of anilines is 1. The van der Waals surface area contributed by atoms with Gasteiger partial charge >= 0.3 is 0 Å². The highest BCUT2D eigenvalue weighted by molar-refractivity contribution is 7.80. The Hall–Kier alpha value is -3.06. The molecule has 7 heteroatoms. The molecule has 0 aliphatic heterocycles. The lowest BCUT2D eigenvalue weighted by atomic mass is 10.0. The Kier molecular flexibility index (Phi) is 8.48. The number of amides is 1. The number of rotatable bonds is 7. The second-order valence-corrected chi connectivity index (χ2v) is 6.93. The quantitative estimate of drug-likeness (QED) is 0.358. The van der Waals surface area contributed by atoms with Gasteiger partial charge in [-0.05, 0) is 66.5 Å². The summed E-state index contributed by atoms with van der Waals surface area (Å²) in [5.74, 6) is 1.41. The van der Waals surface area contributed by atoms with E-state index >= 15 is 0 Å². The molecule has 154 valence electrons. The maximum absolute atomic E-state index is 12.0. The fourth-order valence-corrected chi connectivity index (χ4v) is 2.68. The van der Waals surface area contributed by atoms with Crippen LogP contribution in [0.5, 0.6) is 11.5 Å². The zero-order valence-electron chi connectivity index (χ0n) is 17.1. The van der Waals surface area contributed by atoms with E-state index < -0.39 is 0 Å². The van der Waals surface area contributed by atoms with Crippen LogP contribution in [-0.2, 0) is 4.79 Å². The van der Waals surface area contributed by atoms with Crippen LogP contribution in [0.4, 0.5) is 5.69 Å². The number of carbonyl (C=O) groups is 1. The molecule has 0 saturated heterocycles. The maximum atomic E-state index is 12.0. The summed E-state index contributed by atoms with van der Waals surface area (Å²) in [6.07, 6.45) is 3.09. The van der Waals surface area contributed by atoms with Gasteiger partial charge in [-0.1, -0.05) is 32.0 Å². The molecule has 2 rings (SSSR count). The lowest BCUT2D eigenvalue weighted by Gasteiger charge is -2.12. The van der Waals surface area contributed by atoms with Gasteiger partial charge in [0.05, 0.1) is 13.7 Å². The number of hydrogen-bond donors (Lipinski definition) is 3. The summed E-state index contributed by atoms with van der Waals surface area (Å²) in [6, 6.07) is 13.4. The minimum atomic E-state index is -0.335. The van der Waals surface area contributed by atoms with Crippen molar-refractivity contribution < 1.29 is 14.3 Å². The molecular weight excluding hydrogens is 386 g/mol. The van der Waals surface area contributed by atoms with Crippen molar-refractivity contribution in [2.24, 2.45) is 0 Å². The van der Waals surface area contributed by atoms with E-state index in [9.17, 15) is 4.79 Å². The van der Waals surface area contributed by atoms with Crippen molar-refractivity contribution in [2.75, 3.05) is 19.0 Å². The van der Waals surface area contributed by atoms with Crippen LogP contribution >= 0.6 is 12.2 Å². The Bertz CT molecular complexity index is 864. The van der Waals surface area contributed by atoms with E-state index in [1.54, 1.807) is 19.3 Å². The molecule has 0 aromatic heterocycles. The van der Waals surface area contributed by atoms with Crippen LogP contribution < -0.4 is 25.6 Å². The van der Waals surface area contributed by atoms with E-state index in [4.69, 9.17) is 21.7 Å². The monoisotopic (exact) mass is 413 g/mol. The van der Waals surface area contributed by atoms with Crippen molar-refractivity contribution in [3.8, 4) is 11.5 Å². The zero-order chi connectivity index (χ0) is 21.2. The standard InChI is InChI=1S/C22H27N3O3S/c1-5-28-20-14-16(6-12-19(20)27-4)7-13-21(26)24-25-22(29)23-18-10-8-17(9-11-18)15(2)3/h6-15H,5H2,1-4H3,(H,24,26)(H2,23,25,29)/b13-7+. The van der Waals surface area contributed by atoms with Crippen molar-refractivity contribution >= 4 is 35.0 Å². The third-order valence-electron chi connectivity index (χ3n) is 4.05. The van der Waals surface area contributed by atoms with Gasteiger partial charge in [0.2, 0.25) is 0 Å². The molecule has 6 nitrogen and oxygen atoms in total. The van der Waals surface area contributed by atoms with Crippen LogP contribution in [0.1, 0.15) is 37.8 Å². The second-order valence-electron chi connectivity index (χ2n) is 6.52. The number of ether oxygens (including phenoxy) is 2. The van der Waals surface area contributed by atoms with Crippen molar-refractivity contribution in [2.45, 2.75) is 26.7 Å². The van der Waals surface area contributed by atoms with E-state index in [2.05, 4.69) is 30.0 Å². The summed E-state index contributed by atoms with van der Waals surface area (Å²) in [6.45, 7) is 6.71. The summed E-state index contributed by atoms with van der Waals surface area (Å²) in [7, 11) is 1.59. The predicted octanol–water partition coefficient (Wildman–Crippen LogP) is 4.25. The molecule has 29 heavy (non-hydrogen) atoms. The highest BCUT2D eigenvalue weighted by atomic mass is 32.1. The molecule has 3 N–H and O–H groups in total. The molecule has 0 fully saturated rings. The summed E-state index contributed by atoms with van der Waals surface area (Å²) in [4.78, 5) is 12.0. The van der Waals surface area contributed by atoms with Gasteiger partial charge in [-0.2, -0.15) is 0 Å². The SMILES string of the molecule is CCOc1cc(/C=C/C(=O)NNC(=S)Nc2ccc(C(C)C)cc2)ccc1OC. The van der Waals surface area contributed by atoms with E-state index in [1.807, 2.05) is 43.3 Å². The molecule has 1 amide bonds. The molecule has 0 radical (unpaired) electrons. The van der Waals surface area contributed by atoms with Crippen molar-refractivity contribution in [3.05, 3.63) is 59.7 Å². The number of benzene rings is 2. The summed E-state index contributed by atoms with van der Waals surface area (Å²) in [5, 5.41) is 3.32. The number of hydrogen-bond acceptors (Lipinski definition) is 4. The Morgan fingerprint density at radius 3 is 2.45 bits per heavy atom. The van der Waals surface area contributed by atoms with Crippen LogP contribution in [-0.4, -0.2) is 24.7 Å². The maximum Gasteiger partial charge on any atom is 0.262 e. The molecule has 0 atom stereocenters. The normalized spacial score (nSPS) is 10.7. The topological polar surface area (TPSA) is 71.6 Å². The molecule has 2 aromatic carbocycles. The van der Waals surface area contributed by atoms with Gasteiger partial charge < -0.3 is 14.8 Å². The van der Waals surface area contributed by atoms with E-state index in [0.29, 0.717) is 29.1 Å². The van der Waals surface area contributed by atoms with Gasteiger partial charge in [-0.25, -0.2) is 0 Å². The molecule has 0 spiro atoms. The smallest absolute Gasteiger partial charge is 0.262 e. The van der Waals surface area contributed by atoms with Crippen LogP contribution in [0.25, 0.3) is 6.08 Å². The molecule has 2 aromatic rings. The first kappa shape index (κ1) is 22.2. The summed E-state index contributed by atoms with van der Waals surface area (Å²) < 4.78 is 10.8. The summed E-state index contributed by atoms with van der Waals surface area (Å²) >= 11 is 5.20. The van der Waals surface area contributed by atoms with Crippen molar-refractivity contribution in [1.82, 2.24) is 10.9 Å². The van der Waals surface area contributed by atoms with Gasteiger partial charge in [0.25, 0.3) is 5.91 Å². The van der Waals surface area contributed by atoms with Crippen molar-refractivity contribution in [3.63, 3.8) is 0 Å². The van der Waals surface area contributed by atoms with Crippen LogP contribution in [0, 0.1) is 0 Å². The molecule has 0 bridgehead atoms.